The van der Waals surface area contributed by atoms with Gasteiger partial charge in [-0.05, 0) is 25.1 Å². The monoisotopic (exact) mass is 347 g/mol. The standard InChI is InChI=1S/C20H17N3O3/c1-13-12-21-23(14-7-3-2-4-8-14)19(13)22-18(24)11-17-15-9-5-6-10-16(15)20(25)26-17/h2-10,12,17H,11H2,1H3,(H,22,24)/t17-/m0/s1. The highest BCUT2D eigenvalue weighted by Gasteiger charge is 2.32. The van der Waals surface area contributed by atoms with Crippen LogP contribution in [0.2, 0.25) is 0 Å². The van der Waals surface area contributed by atoms with Crippen molar-refractivity contribution in [2.45, 2.75) is 19.4 Å². The average Bonchev–Trinajstić information content (AvgIpc) is 3.17. The van der Waals surface area contributed by atoms with E-state index in [0.29, 0.717) is 11.4 Å². The van der Waals surface area contributed by atoms with Crippen LogP contribution in [0.3, 0.4) is 0 Å². The summed E-state index contributed by atoms with van der Waals surface area (Å²) >= 11 is 0. The molecule has 0 spiro atoms. The number of para-hydroxylation sites is 1. The van der Waals surface area contributed by atoms with Crippen molar-refractivity contribution in [3.05, 3.63) is 77.5 Å². The number of hydrogen-bond acceptors (Lipinski definition) is 4. The molecular weight excluding hydrogens is 330 g/mol. The number of carbonyl (C=O) groups is 2. The molecule has 1 aliphatic rings. The highest BCUT2D eigenvalue weighted by Crippen LogP contribution is 2.33. The van der Waals surface area contributed by atoms with Gasteiger partial charge < -0.3 is 10.1 Å². The molecule has 4 rings (SSSR count). The van der Waals surface area contributed by atoms with Crippen LogP contribution in [0.15, 0.2) is 60.8 Å². The lowest BCUT2D eigenvalue weighted by molar-refractivity contribution is -0.118. The molecule has 2 aromatic carbocycles. The van der Waals surface area contributed by atoms with Gasteiger partial charge in [0.25, 0.3) is 0 Å². The van der Waals surface area contributed by atoms with Gasteiger partial charge in [0, 0.05) is 11.1 Å². The maximum Gasteiger partial charge on any atom is 0.339 e. The summed E-state index contributed by atoms with van der Waals surface area (Å²) in [5.74, 6) is -0.0111. The molecule has 130 valence electrons. The minimum absolute atomic E-state index is 0.0577. The van der Waals surface area contributed by atoms with E-state index in [9.17, 15) is 9.59 Å². The van der Waals surface area contributed by atoms with E-state index in [0.717, 1.165) is 16.8 Å². The van der Waals surface area contributed by atoms with Crippen LogP contribution >= 0.6 is 0 Å². The quantitative estimate of drug-likeness (QED) is 0.734. The summed E-state index contributed by atoms with van der Waals surface area (Å²) in [6, 6.07) is 16.7. The molecule has 6 heteroatoms. The number of aromatic nitrogens is 2. The number of aryl methyl sites for hydroxylation is 1. The molecule has 3 aromatic rings. The first-order valence-electron chi connectivity index (χ1n) is 8.33. The van der Waals surface area contributed by atoms with Crippen molar-refractivity contribution in [1.82, 2.24) is 9.78 Å². The number of hydrogen-bond donors (Lipinski definition) is 1. The molecule has 1 N–H and O–H groups in total. The van der Waals surface area contributed by atoms with Crippen LogP contribution in [-0.2, 0) is 9.53 Å². The predicted molar refractivity (Wildman–Crippen MR) is 96.1 cm³/mol. The molecule has 1 aromatic heterocycles. The van der Waals surface area contributed by atoms with Crippen LogP contribution in [-0.4, -0.2) is 21.7 Å². The Hall–Kier alpha value is -3.41. The number of cyclic esters (lactones) is 1. The Morgan fingerprint density at radius 3 is 2.69 bits per heavy atom. The van der Waals surface area contributed by atoms with Gasteiger partial charge in [0.1, 0.15) is 11.9 Å². The lowest BCUT2D eigenvalue weighted by atomic mass is 10.0. The molecule has 26 heavy (non-hydrogen) atoms. The molecule has 0 fully saturated rings. The Morgan fingerprint density at radius 2 is 1.88 bits per heavy atom. The number of nitrogens with zero attached hydrogens (tertiary/aromatic N) is 2. The summed E-state index contributed by atoms with van der Waals surface area (Å²) < 4.78 is 7.03. The van der Waals surface area contributed by atoms with E-state index in [1.54, 1.807) is 23.0 Å². The summed E-state index contributed by atoms with van der Waals surface area (Å²) in [5, 5.41) is 7.24. The number of esters is 1. The first-order valence-corrected chi connectivity index (χ1v) is 8.33. The van der Waals surface area contributed by atoms with Crippen molar-refractivity contribution >= 4 is 17.7 Å². The third-order valence-electron chi connectivity index (χ3n) is 4.36. The first-order chi connectivity index (χ1) is 12.6. The lowest BCUT2D eigenvalue weighted by Crippen LogP contribution is -2.18. The van der Waals surface area contributed by atoms with E-state index in [4.69, 9.17) is 4.74 Å². The summed E-state index contributed by atoms with van der Waals surface area (Å²) in [4.78, 5) is 24.5. The molecule has 0 bridgehead atoms. The molecule has 0 radical (unpaired) electrons. The van der Waals surface area contributed by atoms with Gasteiger partial charge in [-0.3, -0.25) is 4.79 Å². The zero-order valence-electron chi connectivity index (χ0n) is 14.2. The smallest absolute Gasteiger partial charge is 0.339 e. The second-order valence-electron chi connectivity index (χ2n) is 6.16. The maximum absolute atomic E-state index is 12.6. The number of rotatable bonds is 4. The summed E-state index contributed by atoms with van der Waals surface area (Å²) in [6.07, 6.45) is 1.20. The minimum Gasteiger partial charge on any atom is -0.453 e. The molecule has 0 unspecified atom stereocenters. The van der Waals surface area contributed by atoms with Gasteiger partial charge in [-0.25, -0.2) is 9.48 Å². The first kappa shape index (κ1) is 16.1. The summed E-state index contributed by atoms with van der Waals surface area (Å²) in [7, 11) is 0. The van der Waals surface area contributed by atoms with Crippen LogP contribution < -0.4 is 5.32 Å². The third kappa shape index (κ3) is 2.86. The van der Waals surface area contributed by atoms with Crippen molar-refractivity contribution in [2.24, 2.45) is 0 Å². The Kier molecular flexibility index (Phi) is 4.01. The number of carbonyl (C=O) groups excluding carboxylic acids is 2. The van der Waals surface area contributed by atoms with Crippen molar-refractivity contribution < 1.29 is 14.3 Å². The zero-order chi connectivity index (χ0) is 18.1. The Labute approximate surface area is 150 Å². The molecule has 0 saturated carbocycles. The fourth-order valence-corrected chi connectivity index (χ4v) is 3.07. The highest BCUT2D eigenvalue weighted by atomic mass is 16.5. The van der Waals surface area contributed by atoms with Crippen LogP contribution in [0.5, 0.6) is 0 Å². The van der Waals surface area contributed by atoms with Gasteiger partial charge in [-0.1, -0.05) is 36.4 Å². The molecule has 2 heterocycles. The molecule has 1 atom stereocenters. The van der Waals surface area contributed by atoms with Crippen LogP contribution in [0.1, 0.15) is 34.0 Å². The molecule has 0 saturated heterocycles. The van der Waals surface area contributed by atoms with E-state index in [1.807, 2.05) is 49.4 Å². The van der Waals surface area contributed by atoms with E-state index in [2.05, 4.69) is 10.4 Å². The van der Waals surface area contributed by atoms with Crippen molar-refractivity contribution in [3.63, 3.8) is 0 Å². The van der Waals surface area contributed by atoms with Gasteiger partial charge in [-0.2, -0.15) is 5.10 Å². The summed E-state index contributed by atoms with van der Waals surface area (Å²) in [5.41, 5.74) is 2.98. The van der Waals surface area contributed by atoms with Crippen molar-refractivity contribution in [3.8, 4) is 5.69 Å². The Balaban J connectivity index is 1.54. The molecule has 6 nitrogen and oxygen atoms in total. The number of fused-ring (bicyclic) bond motifs is 1. The molecular formula is C20H17N3O3. The van der Waals surface area contributed by atoms with Crippen molar-refractivity contribution in [2.75, 3.05) is 5.32 Å². The SMILES string of the molecule is Cc1cnn(-c2ccccc2)c1NC(=O)C[C@@H]1OC(=O)c2ccccc21. The highest BCUT2D eigenvalue weighted by molar-refractivity contribution is 5.96. The maximum atomic E-state index is 12.6. The topological polar surface area (TPSA) is 73.2 Å². The number of benzene rings is 2. The van der Waals surface area contributed by atoms with Gasteiger partial charge in [-0.15, -0.1) is 0 Å². The molecule has 1 aliphatic heterocycles. The van der Waals surface area contributed by atoms with Gasteiger partial charge >= 0.3 is 5.97 Å². The van der Waals surface area contributed by atoms with E-state index in [-0.39, 0.29) is 18.3 Å². The second kappa shape index (κ2) is 6.48. The van der Waals surface area contributed by atoms with E-state index < -0.39 is 6.10 Å². The molecule has 1 amide bonds. The fourth-order valence-electron chi connectivity index (χ4n) is 3.07. The third-order valence-corrected chi connectivity index (χ3v) is 4.36. The van der Waals surface area contributed by atoms with E-state index in [1.165, 1.54) is 0 Å². The van der Waals surface area contributed by atoms with Crippen molar-refractivity contribution in [1.29, 1.82) is 0 Å². The van der Waals surface area contributed by atoms with Gasteiger partial charge in [0.15, 0.2) is 0 Å². The largest absolute Gasteiger partial charge is 0.453 e. The molecule has 0 aliphatic carbocycles. The van der Waals surface area contributed by atoms with Gasteiger partial charge in [0.2, 0.25) is 5.91 Å². The predicted octanol–water partition coefficient (Wildman–Crippen LogP) is 3.42. The Morgan fingerprint density at radius 1 is 1.15 bits per heavy atom. The average molecular weight is 347 g/mol. The Bertz CT molecular complexity index is 979. The second-order valence-corrected chi connectivity index (χ2v) is 6.16. The lowest BCUT2D eigenvalue weighted by Gasteiger charge is -2.13. The van der Waals surface area contributed by atoms with Gasteiger partial charge in [0.05, 0.1) is 23.9 Å². The van der Waals surface area contributed by atoms with Crippen LogP contribution in [0.25, 0.3) is 5.69 Å². The number of amides is 1. The minimum atomic E-state index is -0.563. The number of ether oxygens (including phenoxy) is 1. The summed E-state index contributed by atoms with van der Waals surface area (Å²) in [6.45, 7) is 1.88. The number of nitrogens with one attached hydrogen (secondary N) is 1. The zero-order valence-corrected chi connectivity index (χ0v) is 14.2. The van der Waals surface area contributed by atoms with E-state index >= 15 is 0 Å². The fraction of sp³-hybridized carbons (Fsp3) is 0.150. The number of anilines is 1. The van der Waals surface area contributed by atoms with Crippen LogP contribution in [0, 0.1) is 6.92 Å². The van der Waals surface area contributed by atoms with Crippen LogP contribution in [0.4, 0.5) is 5.82 Å². The normalized spacial score (nSPS) is 15.4.